The number of benzene rings is 1. The molecule has 7 heteroatoms. The van der Waals surface area contributed by atoms with E-state index in [1.54, 1.807) is 25.4 Å². The van der Waals surface area contributed by atoms with Crippen LogP contribution in [0.4, 0.5) is 0 Å². The zero-order chi connectivity index (χ0) is 21.8. The van der Waals surface area contributed by atoms with Crippen molar-refractivity contribution in [3.63, 3.8) is 0 Å². The van der Waals surface area contributed by atoms with Crippen LogP contribution < -0.4 is 0 Å². The number of aromatic nitrogens is 4. The Hall–Kier alpha value is -3.32. The zero-order valence-corrected chi connectivity index (χ0v) is 18.8. The van der Waals surface area contributed by atoms with Crippen LogP contribution in [-0.2, 0) is 16.1 Å². The molecule has 0 aliphatic carbocycles. The molecule has 3 aromatic heterocycles. The van der Waals surface area contributed by atoms with E-state index in [0.717, 1.165) is 43.5 Å². The van der Waals surface area contributed by atoms with E-state index < -0.39 is 5.97 Å². The quantitative estimate of drug-likeness (QED) is 0.270. The van der Waals surface area contributed by atoms with Gasteiger partial charge in [0.05, 0.1) is 18.5 Å². The second-order valence-electron chi connectivity index (χ2n) is 6.79. The predicted octanol–water partition coefficient (Wildman–Crippen LogP) is 5.52. The van der Waals surface area contributed by atoms with Gasteiger partial charge in [-0.15, -0.1) is 0 Å². The molecule has 0 aliphatic heterocycles. The number of hydrogen-bond acceptors (Lipinski definition) is 5. The molecule has 0 saturated carbocycles. The maximum absolute atomic E-state index is 12.1. The summed E-state index contributed by atoms with van der Waals surface area (Å²) < 4.78 is 7.83. The molecule has 0 radical (unpaired) electrons. The Labute approximate surface area is 188 Å². The Morgan fingerprint density at radius 3 is 2.65 bits per heavy atom. The molecule has 31 heavy (non-hydrogen) atoms. The molecule has 0 fully saturated rings. The normalized spacial score (nSPS) is 11.3. The molecule has 4 rings (SSSR count). The summed E-state index contributed by atoms with van der Waals surface area (Å²) >= 11 is 3.52. The lowest BCUT2D eigenvalue weighted by molar-refractivity contribution is -0.137. The number of pyridine rings is 2. The first-order valence-corrected chi connectivity index (χ1v) is 10.8. The van der Waals surface area contributed by atoms with Gasteiger partial charge in [0.15, 0.2) is 5.65 Å². The molecule has 6 nitrogen and oxygen atoms in total. The lowest BCUT2D eigenvalue weighted by Gasteiger charge is -2.14. The van der Waals surface area contributed by atoms with Gasteiger partial charge < -0.3 is 4.74 Å². The molecule has 4 aromatic rings. The van der Waals surface area contributed by atoms with Crippen molar-refractivity contribution in [3.8, 4) is 22.4 Å². The zero-order valence-electron chi connectivity index (χ0n) is 17.2. The second-order valence-corrected chi connectivity index (χ2v) is 7.71. The van der Waals surface area contributed by atoms with Crippen LogP contribution in [0.15, 0.2) is 65.5 Å². The van der Waals surface area contributed by atoms with Crippen molar-refractivity contribution in [1.82, 2.24) is 19.7 Å². The minimum absolute atomic E-state index is 0.317. The molecule has 0 bridgehead atoms. The van der Waals surface area contributed by atoms with Crippen LogP contribution in [0.3, 0.4) is 0 Å². The SMILES string of the molecule is CCOC(=O)/C=C/c1c(-c2ccccc2)nc2c(cnn2CC)c1-c1cncc(Br)c1. The number of carbonyl (C=O) groups excluding carboxylic acids is 1. The van der Waals surface area contributed by atoms with Crippen molar-refractivity contribution >= 4 is 39.0 Å². The molecule has 0 saturated heterocycles. The van der Waals surface area contributed by atoms with Crippen LogP contribution in [-0.4, -0.2) is 32.3 Å². The third kappa shape index (κ3) is 4.27. The van der Waals surface area contributed by atoms with Crippen molar-refractivity contribution in [2.75, 3.05) is 6.61 Å². The highest BCUT2D eigenvalue weighted by Gasteiger charge is 2.20. The highest BCUT2D eigenvalue weighted by molar-refractivity contribution is 9.10. The van der Waals surface area contributed by atoms with E-state index in [-0.39, 0.29) is 0 Å². The molecule has 0 atom stereocenters. The number of carbonyl (C=O) groups is 1. The van der Waals surface area contributed by atoms with Crippen LogP contribution in [0.1, 0.15) is 19.4 Å². The summed E-state index contributed by atoms with van der Waals surface area (Å²) in [5.74, 6) is -0.399. The molecule has 3 heterocycles. The number of halogens is 1. The summed E-state index contributed by atoms with van der Waals surface area (Å²) in [7, 11) is 0. The van der Waals surface area contributed by atoms with Gasteiger partial charge in [-0.3, -0.25) is 4.98 Å². The first-order valence-electron chi connectivity index (χ1n) is 10.0. The number of hydrogen-bond donors (Lipinski definition) is 0. The Morgan fingerprint density at radius 2 is 1.94 bits per heavy atom. The van der Waals surface area contributed by atoms with Gasteiger partial charge in [0.25, 0.3) is 0 Å². The Balaban J connectivity index is 2.08. The first-order chi connectivity index (χ1) is 15.1. The minimum Gasteiger partial charge on any atom is -0.463 e. The molecule has 1 aromatic carbocycles. The van der Waals surface area contributed by atoms with Gasteiger partial charge in [0.1, 0.15) is 0 Å². The lowest BCUT2D eigenvalue weighted by Crippen LogP contribution is -2.02. The fourth-order valence-electron chi connectivity index (χ4n) is 3.51. The van der Waals surface area contributed by atoms with Gasteiger partial charge in [-0.05, 0) is 41.9 Å². The number of aryl methyl sites for hydroxylation is 1. The van der Waals surface area contributed by atoms with Crippen LogP contribution in [0.2, 0.25) is 0 Å². The van der Waals surface area contributed by atoms with Gasteiger partial charge >= 0.3 is 5.97 Å². The van der Waals surface area contributed by atoms with E-state index in [1.165, 1.54) is 6.08 Å². The van der Waals surface area contributed by atoms with Crippen molar-refractivity contribution in [1.29, 1.82) is 0 Å². The highest BCUT2D eigenvalue weighted by Crippen LogP contribution is 2.38. The summed E-state index contributed by atoms with van der Waals surface area (Å²) in [6.45, 7) is 4.83. The molecule has 0 N–H and O–H groups in total. The van der Waals surface area contributed by atoms with E-state index in [0.29, 0.717) is 13.2 Å². The molecule has 0 amide bonds. The van der Waals surface area contributed by atoms with Gasteiger partial charge in [0.2, 0.25) is 0 Å². The fourth-order valence-corrected chi connectivity index (χ4v) is 3.88. The van der Waals surface area contributed by atoms with E-state index in [1.807, 2.05) is 54.2 Å². The van der Waals surface area contributed by atoms with Gasteiger partial charge in [-0.2, -0.15) is 5.10 Å². The Bertz CT molecular complexity index is 1270. The number of fused-ring (bicyclic) bond motifs is 1. The molecular weight excluding hydrogens is 456 g/mol. The molecular formula is C24H21BrN4O2. The average Bonchev–Trinajstić information content (AvgIpc) is 3.20. The number of esters is 1. The summed E-state index contributed by atoms with van der Waals surface area (Å²) in [6.07, 6.45) is 8.58. The number of rotatable bonds is 6. The first kappa shape index (κ1) is 20.9. The van der Waals surface area contributed by atoms with Crippen LogP contribution in [0.5, 0.6) is 0 Å². The third-order valence-corrected chi connectivity index (χ3v) is 5.27. The summed E-state index contributed by atoms with van der Waals surface area (Å²) in [4.78, 5) is 21.4. The minimum atomic E-state index is -0.399. The maximum Gasteiger partial charge on any atom is 0.330 e. The standard InChI is InChI=1S/C24H21BrN4O2/c1-3-29-24-20(15-27-29)22(17-12-18(25)14-26-13-17)19(10-11-21(30)31-4-2)23(28-24)16-8-6-5-7-9-16/h5-15H,3-4H2,1-2H3/b11-10+. The second kappa shape index (κ2) is 9.22. The Morgan fingerprint density at radius 1 is 1.13 bits per heavy atom. The van der Waals surface area contributed by atoms with E-state index in [2.05, 4.69) is 26.0 Å². The smallest absolute Gasteiger partial charge is 0.330 e. The maximum atomic E-state index is 12.1. The summed E-state index contributed by atoms with van der Waals surface area (Å²) in [6, 6.07) is 11.9. The molecule has 0 unspecified atom stereocenters. The molecule has 156 valence electrons. The monoisotopic (exact) mass is 476 g/mol. The van der Waals surface area contributed by atoms with E-state index >= 15 is 0 Å². The van der Waals surface area contributed by atoms with Crippen LogP contribution >= 0.6 is 15.9 Å². The number of ether oxygens (including phenoxy) is 1. The third-order valence-electron chi connectivity index (χ3n) is 4.84. The van der Waals surface area contributed by atoms with E-state index in [9.17, 15) is 4.79 Å². The predicted molar refractivity (Wildman–Crippen MR) is 125 cm³/mol. The largest absolute Gasteiger partial charge is 0.463 e. The van der Waals surface area contributed by atoms with Gasteiger partial charge in [0, 0.05) is 57.1 Å². The summed E-state index contributed by atoms with van der Waals surface area (Å²) in [5, 5.41) is 5.42. The topological polar surface area (TPSA) is 69.9 Å². The molecule has 0 spiro atoms. The Kier molecular flexibility index (Phi) is 6.23. The lowest BCUT2D eigenvalue weighted by atomic mass is 9.94. The van der Waals surface area contributed by atoms with Crippen LogP contribution in [0.25, 0.3) is 39.5 Å². The molecule has 0 aliphatic rings. The fraction of sp³-hybridized carbons (Fsp3) is 0.167. The van der Waals surface area contributed by atoms with Crippen molar-refractivity contribution in [2.45, 2.75) is 20.4 Å². The number of nitrogens with zero attached hydrogens (tertiary/aromatic N) is 4. The van der Waals surface area contributed by atoms with E-state index in [4.69, 9.17) is 9.72 Å². The van der Waals surface area contributed by atoms with Crippen molar-refractivity contribution in [3.05, 3.63) is 71.1 Å². The van der Waals surface area contributed by atoms with Gasteiger partial charge in [-0.25, -0.2) is 14.5 Å². The summed E-state index contributed by atoms with van der Waals surface area (Å²) in [5.41, 5.74) is 5.11. The van der Waals surface area contributed by atoms with Crippen LogP contribution in [0, 0.1) is 0 Å². The van der Waals surface area contributed by atoms with Crippen molar-refractivity contribution < 1.29 is 9.53 Å². The highest BCUT2D eigenvalue weighted by atomic mass is 79.9. The van der Waals surface area contributed by atoms with Crippen molar-refractivity contribution in [2.24, 2.45) is 0 Å². The average molecular weight is 477 g/mol. The van der Waals surface area contributed by atoms with Gasteiger partial charge in [-0.1, -0.05) is 30.3 Å².